The van der Waals surface area contributed by atoms with Crippen LogP contribution in [0.4, 0.5) is 0 Å². The van der Waals surface area contributed by atoms with Crippen molar-refractivity contribution in [3.8, 4) is 0 Å². The summed E-state index contributed by atoms with van der Waals surface area (Å²) in [5.74, 6) is 0. The maximum Gasteiger partial charge on any atom is 0.0463 e. The highest BCUT2D eigenvalue weighted by atomic mass is 16.5. The second-order valence-corrected chi connectivity index (χ2v) is 6.11. The quantitative estimate of drug-likeness (QED) is 0.716. The molecular formula is C13H21N2O. The van der Waals surface area contributed by atoms with Crippen molar-refractivity contribution in [2.24, 2.45) is 0 Å². The molecule has 3 nitrogen and oxygen atoms in total. The molecule has 1 aliphatic rings. The average Bonchev–Trinajstić information content (AvgIpc) is 2.65. The molecule has 0 bridgehead atoms. The lowest BCUT2D eigenvalue weighted by Gasteiger charge is -2.50. The Morgan fingerprint density at radius 1 is 1.00 bits per heavy atom. The molecule has 3 heteroatoms. The van der Waals surface area contributed by atoms with Crippen molar-refractivity contribution < 1.29 is 5.21 Å². The summed E-state index contributed by atoms with van der Waals surface area (Å²) in [5, 5.41) is 13.5. The van der Waals surface area contributed by atoms with Crippen LogP contribution in [0.2, 0.25) is 0 Å². The molecule has 89 valence electrons. The minimum atomic E-state index is -0.281. The van der Waals surface area contributed by atoms with E-state index in [2.05, 4.69) is 17.0 Å². The van der Waals surface area contributed by atoms with Crippen molar-refractivity contribution in [1.29, 1.82) is 0 Å². The Balaban J connectivity index is 2.26. The summed E-state index contributed by atoms with van der Waals surface area (Å²) in [5.41, 5.74) is -0.562. The molecule has 0 spiro atoms. The summed E-state index contributed by atoms with van der Waals surface area (Å²) >= 11 is 0. The van der Waals surface area contributed by atoms with Crippen LogP contribution in [0.5, 0.6) is 0 Å². The SMILES string of the molecule is CC1(C)CC(n2cccc2)CC(C)(C)N1[O]. The summed E-state index contributed by atoms with van der Waals surface area (Å²) in [6.07, 6.45) is 6.01. The summed E-state index contributed by atoms with van der Waals surface area (Å²) in [6, 6.07) is 4.53. The van der Waals surface area contributed by atoms with E-state index >= 15 is 0 Å². The molecule has 0 atom stereocenters. The molecule has 2 heterocycles. The van der Waals surface area contributed by atoms with Gasteiger partial charge in [-0.1, -0.05) is 0 Å². The molecule has 0 unspecified atom stereocenters. The molecule has 16 heavy (non-hydrogen) atoms. The highest BCUT2D eigenvalue weighted by molar-refractivity contribution is 5.01. The van der Waals surface area contributed by atoms with E-state index in [4.69, 9.17) is 0 Å². The van der Waals surface area contributed by atoms with E-state index in [1.165, 1.54) is 5.06 Å². The van der Waals surface area contributed by atoms with Crippen molar-refractivity contribution in [2.75, 3.05) is 0 Å². The highest BCUT2D eigenvalue weighted by Gasteiger charge is 2.46. The first kappa shape index (κ1) is 11.7. The average molecular weight is 221 g/mol. The van der Waals surface area contributed by atoms with Crippen LogP contribution in [0.15, 0.2) is 24.5 Å². The van der Waals surface area contributed by atoms with Gasteiger partial charge in [-0.05, 0) is 52.7 Å². The van der Waals surface area contributed by atoms with Crippen LogP contribution in [0, 0.1) is 0 Å². The molecule has 1 fully saturated rings. The topological polar surface area (TPSA) is 28.1 Å². The fraction of sp³-hybridized carbons (Fsp3) is 0.692. The lowest BCUT2D eigenvalue weighted by Crippen LogP contribution is -2.58. The Labute approximate surface area is 97.6 Å². The third-order valence-corrected chi connectivity index (χ3v) is 3.62. The van der Waals surface area contributed by atoms with Crippen LogP contribution in [0.3, 0.4) is 0 Å². The molecule has 0 aromatic carbocycles. The maximum absolute atomic E-state index is 12.2. The van der Waals surface area contributed by atoms with Crippen LogP contribution in [0.1, 0.15) is 46.6 Å². The predicted molar refractivity (Wildman–Crippen MR) is 63.4 cm³/mol. The second-order valence-electron chi connectivity index (χ2n) is 6.11. The molecular weight excluding hydrogens is 200 g/mol. The Bertz CT molecular complexity index is 336. The zero-order chi connectivity index (χ0) is 12.0. The van der Waals surface area contributed by atoms with Gasteiger partial charge in [0.05, 0.1) is 0 Å². The molecule has 1 radical (unpaired) electrons. The van der Waals surface area contributed by atoms with E-state index in [-0.39, 0.29) is 11.1 Å². The van der Waals surface area contributed by atoms with E-state index < -0.39 is 0 Å². The Morgan fingerprint density at radius 2 is 1.44 bits per heavy atom. The number of hydroxylamine groups is 2. The lowest BCUT2D eigenvalue weighted by molar-refractivity contribution is -0.292. The first-order chi connectivity index (χ1) is 7.33. The minimum absolute atomic E-state index is 0.281. The second kappa shape index (κ2) is 3.60. The zero-order valence-electron chi connectivity index (χ0n) is 10.6. The van der Waals surface area contributed by atoms with E-state index in [9.17, 15) is 5.21 Å². The monoisotopic (exact) mass is 221 g/mol. The fourth-order valence-electron chi connectivity index (χ4n) is 3.01. The number of piperidine rings is 1. The normalized spacial score (nSPS) is 25.8. The van der Waals surface area contributed by atoms with E-state index in [0.717, 1.165) is 12.8 Å². The standard InChI is InChI=1S/C13H21N2O/c1-12(2)9-11(14-7-5-6-8-14)10-13(3,4)15(12)16/h5-8,11H,9-10H2,1-4H3. The molecule has 2 rings (SSSR count). The van der Waals surface area contributed by atoms with Crippen molar-refractivity contribution in [3.63, 3.8) is 0 Å². The van der Waals surface area contributed by atoms with Crippen LogP contribution in [-0.2, 0) is 5.21 Å². The van der Waals surface area contributed by atoms with Gasteiger partial charge in [0, 0.05) is 29.5 Å². The maximum atomic E-state index is 12.2. The molecule has 1 aromatic rings. The van der Waals surface area contributed by atoms with Crippen LogP contribution >= 0.6 is 0 Å². The molecule has 0 aliphatic carbocycles. The molecule has 0 N–H and O–H groups in total. The van der Waals surface area contributed by atoms with Crippen molar-refractivity contribution in [3.05, 3.63) is 24.5 Å². The van der Waals surface area contributed by atoms with Crippen molar-refractivity contribution in [2.45, 2.75) is 57.7 Å². The Hall–Kier alpha value is -0.800. The highest BCUT2D eigenvalue weighted by Crippen LogP contribution is 2.42. The van der Waals surface area contributed by atoms with Gasteiger partial charge in [0.15, 0.2) is 0 Å². The number of rotatable bonds is 1. The number of hydrogen-bond acceptors (Lipinski definition) is 1. The van der Waals surface area contributed by atoms with Gasteiger partial charge in [-0.2, -0.15) is 0 Å². The summed E-state index contributed by atoms with van der Waals surface area (Å²) < 4.78 is 2.23. The Kier molecular flexibility index (Phi) is 2.63. The smallest absolute Gasteiger partial charge is 0.0463 e. The van der Waals surface area contributed by atoms with Crippen LogP contribution < -0.4 is 0 Å². The van der Waals surface area contributed by atoms with Gasteiger partial charge in [0.1, 0.15) is 0 Å². The largest absolute Gasteiger partial charge is 0.351 e. The van der Waals surface area contributed by atoms with Crippen molar-refractivity contribution >= 4 is 0 Å². The van der Waals surface area contributed by atoms with Crippen LogP contribution in [0.25, 0.3) is 0 Å². The van der Waals surface area contributed by atoms with E-state index in [1.807, 2.05) is 39.8 Å². The molecule has 1 saturated heterocycles. The first-order valence-electron chi connectivity index (χ1n) is 5.93. The zero-order valence-corrected chi connectivity index (χ0v) is 10.6. The third kappa shape index (κ3) is 1.89. The summed E-state index contributed by atoms with van der Waals surface area (Å²) in [6.45, 7) is 8.16. The number of hydrogen-bond donors (Lipinski definition) is 0. The molecule has 0 saturated carbocycles. The lowest BCUT2D eigenvalue weighted by atomic mass is 9.79. The first-order valence-corrected chi connectivity index (χ1v) is 5.93. The van der Waals surface area contributed by atoms with Gasteiger partial charge in [-0.15, -0.1) is 10.3 Å². The molecule has 1 aromatic heterocycles. The summed E-state index contributed by atoms with van der Waals surface area (Å²) in [7, 11) is 0. The molecule has 0 amide bonds. The summed E-state index contributed by atoms with van der Waals surface area (Å²) in [4.78, 5) is 0. The predicted octanol–water partition coefficient (Wildman–Crippen LogP) is 3.03. The van der Waals surface area contributed by atoms with Gasteiger partial charge >= 0.3 is 0 Å². The third-order valence-electron chi connectivity index (χ3n) is 3.62. The van der Waals surface area contributed by atoms with Gasteiger partial charge in [-0.25, -0.2) is 0 Å². The van der Waals surface area contributed by atoms with Gasteiger partial charge in [-0.3, -0.25) is 0 Å². The minimum Gasteiger partial charge on any atom is -0.351 e. The van der Waals surface area contributed by atoms with E-state index in [0.29, 0.717) is 6.04 Å². The van der Waals surface area contributed by atoms with Gasteiger partial charge < -0.3 is 4.57 Å². The van der Waals surface area contributed by atoms with Gasteiger partial charge in [0.2, 0.25) is 0 Å². The molecule has 1 aliphatic heterocycles. The Morgan fingerprint density at radius 3 is 1.88 bits per heavy atom. The number of aromatic nitrogens is 1. The fourth-order valence-corrected chi connectivity index (χ4v) is 3.01. The number of nitrogens with zero attached hydrogens (tertiary/aromatic N) is 2. The van der Waals surface area contributed by atoms with Crippen molar-refractivity contribution in [1.82, 2.24) is 9.63 Å². The van der Waals surface area contributed by atoms with Gasteiger partial charge in [0.25, 0.3) is 0 Å². The van der Waals surface area contributed by atoms with E-state index in [1.54, 1.807) is 0 Å². The van der Waals surface area contributed by atoms with Crippen LogP contribution in [-0.4, -0.2) is 20.7 Å².